The molecule has 0 amide bonds. The second-order valence-corrected chi connectivity index (χ2v) is 6.20. The van der Waals surface area contributed by atoms with E-state index in [1.807, 2.05) is 7.05 Å². The van der Waals surface area contributed by atoms with Crippen LogP contribution < -0.4 is 10.2 Å². The molecule has 1 aliphatic carbocycles. The molecule has 2 N–H and O–H groups in total. The van der Waals surface area contributed by atoms with Crippen molar-refractivity contribution in [2.45, 2.75) is 38.3 Å². The first-order valence-electron chi connectivity index (χ1n) is 7.31. The lowest BCUT2D eigenvalue weighted by molar-refractivity contribution is 0.296. The summed E-state index contributed by atoms with van der Waals surface area (Å²) in [6, 6.07) is 0.530. The molecule has 1 aliphatic rings. The van der Waals surface area contributed by atoms with Crippen molar-refractivity contribution in [2.24, 2.45) is 0 Å². The molecule has 2 heterocycles. The molecule has 0 aromatic carbocycles. The van der Waals surface area contributed by atoms with Gasteiger partial charge in [-0.3, -0.25) is 4.40 Å². The van der Waals surface area contributed by atoms with Crippen molar-refractivity contribution in [3.63, 3.8) is 0 Å². The van der Waals surface area contributed by atoms with Crippen LogP contribution in [0.3, 0.4) is 0 Å². The van der Waals surface area contributed by atoms with E-state index in [0.29, 0.717) is 12.6 Å². The third kappa shape index (κ3) is 2.43. The van der Waals surface area contributed by atoms with E-state index in [4.69, 9.17) is 4.98 Å². The Balaban J connectivity index is 1.99. The lowest BCUT2D eigenvalue weighted by Gasteiger charge is -2.29. The van der Waals surface area contributed by atoms with E-state index < -0.39 is 0 Å². The topological polar surface area (TPSA) is 52.8 Å². The van der Waals surface area contributed by atoms with Crippen molar-refractivity contribution in [2.75, 3.05) is 25.1 Å². The fourth-order valence-electron chi connectivity index (χ4n) is 3.17. The number of imidazole rings is 1. The molecule has 20 heavy (non-hydrogen) atoms. The highest BCUT2D eigenvalue weighted by molar-refractivity contribution is 7.15. The molecule has 0 unspecified atom stereocenters. The Hall–Kier alpha value is -1.11. The molecule has 0 bridgehead atoms. The lowest BCUT2D eigenvalue weighted by atomic mass is 10.2. The molecule has 0 radical (unpaired) electrons. The predicted octanol–water partition coefficient (Wildman–Crippen LogP) is 1.86. The van der Waals surface area contributed by atoms with E-state index in [2.05, 4.69) is 26.2 Å². The summed E-state index contributed by atoms with van der Waals surface area (Å²) in [6.07, 6.45) is 7.08. The number of nitrogens with zero attached hydrogens (tertiary/aromatic N) is 3. The monoisotopic (exact) mass is 294 g/mol. The van der Waals surface area contributed by atoms with Crippen LogP contribution in [-0.2, 0) is 6.54 Å². The van der Waals surface area contributed by atoms with E-state index in [-0.39, 0.29) is 6.61 Å². The highest BCUT2D eigenvalue weighted by atomic mass is 32.1. The van der Waals surface area contributed by atoms with Crippen LogP contribution in [0, 0.1) is 0 Å². The molecule has 6 heteroatoms. The summed E-state index contributed by atoms with van der Waals surface area (Å²) in [5, 5.41) is 14.7. The Bertz CT molecular complexity index is 559. The van der Waals surface area contributed by atoms with Crippen LogP contribution in [0.15, 0.2) is 11.6 Å². The van der Waals surface area contributed by atoms with E-state index in [0.717, 1.165) is 17.3 Å². The summed E-state index contributed by atoms with van der Waals surface area (Å²) in [7, 11) is 1.96. The van der Waals surface area contributed by atoms with Gasteiger partial charge in [-0.2, -0.15) is 0 Å². The van der Waals surface area contributed by atoms with Crippen LogP contribution >= 0.6 is 11.3 Å². The zero-order valence-electron chi connectivity index (χ0n) is 11.9. The van der Waals surface area contributed by atoms with Gasteiger partial charge in [-0.05, 0) is 19.9 Å². The third-order valence-corrected chi connectivity index (χ3v) is 4.82. The van der Waals surface area contributed by atoms with Gasteiger partial charge in [0.1, 0.15) is 0 Å². The maximum absolute atomic E-state index is 9.42. The molecule has 2 aromatic heterocycles. The Morgan fingerprint density at radius 2 is 2.30 bits per heavy atom. The Kier molecular flexibility index (Phi) is 4.24. The number of aromatic nitrogens is 2. The molecule has 5 nitrogen and oxygen atoms in total. The maximum atomic E-state index is 9.42. The molecule has 1 fully saturated rings. The zero-order valence-corrected chi connectivity index (χ0v) is 12.7. The fourth-order valence-corrected chi connectivity index (χ4v) is 3.90. The molecular formula is C14H22N4OS. The van der Waals surface area contributed by atoms with Crippen LogP contribution in [0.4, 0.5) is 5.82 Å². The number of aliphatic hydroxyl groups excluding tert-OH is 1. The molecule has 110 valence electrons. The SMILES string of the molecule is CNCc1c(N(CCO)C2CCCC2)nc2sccn12. The smallest absolute Gasteiger partial charge is 0.195 e. The summed E-state index contributed by atoms with van der Waals surface area (Å²) in [5.41, 5.74) is 1.20. The number of aliphatic hydroxyl groups is 1. The average molecular weight is 294 g/mol. The van der Waals surface area contributed by atoms with E-state index in [1.165, 1.54) is 31.4 Å². The number of rotatable bonds is 6. The van der Waals surface area contributed by atoms with Crippen molar-refractivity contribution in [3.8, 4) is 0 Å². The highest BCUT2D eigenvalue weighted by Gasteiger charge is 2.27. The van der Waals surface area contributed by atoms with Gasteiger partial charge in [-0.1, -0.05) is 12.8 Å². The molecule has 0 spiro atoms. The van der Waals surface area contributed by atoms with Crippen LogP contribution in [0.1, 0.15) is 31.4 Å². The van der Waals surface area contributed by atoms with Gasteiger partial charge in [0, 0.05) is 30.7 Å². The minimum atomic E-state index is 0.181. The predicted molar refractivity (Wildman–Crippen MR) is 82.5 cm³/mol. The fraction of sp³-hybridized carbons (Fsp3) is 0.643. The quantitative estimate of drug-likeness (QED) is 0.854. The number of fused-ring (bicyclic) bond motifs is 1. The van der Waals surface area contributed by atoms with Crippen molar-refractivity contribution in [1.82, 2.24) is 14.7 Å². The summed E-state index contributed by atoms with van der Waals surface area (Å²) >= 11 is 1.66. The van der Waals surface area contributed by atoms with Gasteiger partial charge in [-0.15, -0.1) is 11.3 Å². The standard InChI is InChI=1S/C14H22N4OS/c1-15-10-12-13(16-14-18(12)7-9-20-14)17(6-8-19)11-4-2-3-5-11/h7,9,11,15,19H,2-6,8,10H2,1H3. The van der Waals surface area contributed by atoms with Gasteiger partial charge in [0.2, 0.25) is 0 Å². The Morgan fingerprint density at radius 1 is 1.50 bits per heavy atom. The van der Waals surface area contributed by atoms with Gasteiger partial charge in [0.05, 0.1) is 12.3 Å². The largest absolute Gasteiger partial charge is 0.395 e. The molecule has 3 rings (SSSR count). The Morgan fingerprint density at radius 3 is 3.00 bits per heavy atom. The first-order valence-corrected chi connectivity index (χ1v) is 8.19. The number of hydrogen-bond acceptors (Lipinski definition) is 5. The summed E-state index contributed by atoms with van der Waals surface area (Å²) < 4.78 is 2.16. The lowest BCUT2D eigenvalue weighted by Crippen LogP contribution is -2.37. The van der Waals surface area contributed by atoms with Crippen molar-refractivity contribution in [3.05, 3.63) is 17.3 Å². The first-order chi connectivity index (χ1) is 9.85. The van der Waals surface area contributed by atoms with E-state index in [1.54, 1.807) is 11.3 Å². The van der Waals surface area contributed by atoms with Crippen LogP contribution in [-0.4, -0.2) is 40.7 Å². The van der Waals surface area contributed by atoms with Gasteiger partial charge in [-0.25, -0.2) is 4.98 Å². The second-order valence-electron chi connectivity index (χ2n) is 5.32. The van der Waals surface area contributed by atoms with Crippen molar-refractivity contribution in [1.29, 1.82) is 0 Å². The minimum Gasteiger partial charge on any atom is -0.395 e. The molecule has 0 saturated heterocycles. The van der Waals surface area contributed by atoms with Crippen LogP contribution in [0.25, 0.3) is 4.96 Å². The van der Waals surface area contributed by atoms with Gasteiger partial charge >= 0.3 is 0 Å². The van der Waals surface area contributed by atoms with E-state index >= 15 is 0 Å². The maximum Gasteiger partial charge on any atom is 0.195 e. The van der Waals surface area contributed by atoms with Crippen molar-refractivity contribution >= 4 is 22.1 Å². The zero-order chi connectivity index (χ0) is 13.9. The molecule has 0 aliphatic heterocycles. The van der Waals surface area contributed by atoms with Crippen molar-refractivity contribution < 1.29 is 5.11 Å². The van der Waals surface area contributed by atoms with Crippen LogP contribution in [0.2, 0.25) is 0 Å². The third-order valence-electron chi connectivity index (χ3n) is 4.06. The first kappa shape index (κ1) is 13.9. The summed E-state index contributed by atoms with van der Waals surface area (Å²) in [6.45, 7) is 1.65. The Labute approximate surface area is 123 Å². The van der Waals surface area contributed by atoms with E-state index in [9.17, 15) is 5.11 Å². The molecule has 1 saturated carbocycles. The van der Waals surface area contributed by atoms with Gasteiger partial charge < -0.3 is 15.3 Å². The summed E-state index contributed by atoms with van der Waals surface area (Å²) in [5.74, 6) is 1.05. The normalized spacial score (nSPS) is 16.3. The van der Waals surface area contributed by atoms with Crippen LogP contribution in [0.5, 0.6) is 0 Å². The molecular weight excluding hydrogens is 272 g/mol. The number of anilines is 1. The highest BCUT2D eigenvalue weighted by Crippen LogP contribution is 2.31. The number of nitrogens with one attached hydrogen (secondary N) is 1. The van der Waals surface area contributed by atoms with Gasteiger partial charge in [0.25, 0.3) is 0 Å². The molecule has 2 aromatic rings. The number of hydrogen-bond donors (Lipinski definition) is 2. The van der Waals surface area contributed by atoms with Gasteiger partial charge in [0.15, 0.2) is 10.8 Å². The summed E-state index contributed by atoms with van der Waals surface area (Å²) in [4.78, 5) is 8.16. The second kappa shape index (κ2) is 6.11. The molecule has 0 atom stereocenters. The minimum absolute atomic E-state index is 0.181. The number of thiazole rings is 1. The average Bonchev–Trinajstić information content (AvgIpc) is 3.14.